The fourth-order valence-corrected chi connectivity index (χ4v) is 5.35. The number of hydrogen-bond donors (Lipinski definition) is 1. The fourth-order valence-electron chi connectivity index (χ4n) is 5.21. The molecule has 0 spiro atoms. The van der Waals surface area contributed by atoms with Crippen LogP contribution < -0.4 is 0 Å². The summed E-state index contributed by atoms with van der Waals surface area (Å²) >= 11 is 5.23. The summed E-state index contributed by atoms with van der Waals surface area (Å²) < 4.78 is 2.59. The molecule has 0 radical (unpaired) electrons. The Morgan fingerprint density at radius 1 is 1.40 bits per heavy atom. The van der Waals surface area contributed by atoms with Crippen molar-refractivity contribution in [3.8, 4) is 0 Å². The summed E-state index contributed by atoms with van der Waals surface area (Å²) in [5.41, 5.74) is 0.371. The number of rotatable bonds is 3. The number of H-pyrrole nitrogens is 1. The second kappa shape index (κ2) is 7.22. The number of piperidine rings is 1. The van der Waals surface area contributed by atoms with Crippen LogP contribution in [0.1, 0.15) is 71.0 Å². The topological polar surface area (TPSA) is 53.9 Å². The molecular formula is C19H32N4OS. The van der Waals surface area contributed by atoms with E-state index in [-0.39, 0.29) is 5.92 Å². The largest absolute Gasteiger partial charge is 0.342 e. The molecule has 25 heavy (non-hydrogen) atoms. The Labute approximate surface area is 156 Å². The van der Waals surface area contributed by atoms with Gasteiger partial charge in [0.25, 0.3) is 0 Å². The molecule has 1 amide bonds. The standard InChI is InChI=1S/C19H32N4OS/c1-13-8-14(11-19(2,3)10-13)9-16(24)23-7-5-6-15(12-23)17-20-21-18(25)22(17)4/h13-15H,5-12H2,1-4H3,(H,21,25)/t13-,14+,15+/m1/s1. The Morgan fingerprint density at radius 3 is 2.80 bits per heavy atom. The van der Waals surface area contributed by atoms with Gasteiger partial charge in [-0.15, -0.1) is 0 Å². The predicted octanol–water partition coefficient (Wildman–Crippen LogP) is 4.04. The van der Waals surface area contributed by atoms with Crippen LogP contribution in [0, 0.1) is 22.0 Å². The molecule has 2 heterocycles. The van der Waals surface area contributed by atoms with Crippen molar-refractivity contribution in [3.05, 3.63) is 10.6 Å². The van der Waals surface area contributed by atoms with Crippen LogP contribution in [0.15, 0.2) is 0 Å². The van der Waals surface area contributed by atoms with E-state index < -0.39 is 0 Å². The summed E-state index contributed by atoms with van der Waals surface area (Å²) in [4.78, 5) is 15.0. The summed E-state index contributed by atoms with van der Waals surface area (Å²) in [6.45, 7) is 8.69. The lowest BCUT2D eigenvalue weighted by atomic mass is 9.67. The van der Waals surface area contributed by atoms with Gasteiger partial charge in [-0.3, -0.25) is 9.89 Å². The predicted molar refractivity (Wildman–Crippen MR) is 102 cm³/mol. The molecule has 6 heteroatoms. The number of nitrogens with zero attached hydrogens (tertiary/aromatic N) is 3. The fraction of sp³-hybridized carbons (Fsp3) is 0.842. The summed E-state index contributed by atoms with van der Waals surface area (Å²) in [5, 5.41) is 7.26. The van der Waals surface area contributed by atoms with Gasteiger partial charge in [0.2, 0.25) is 5.91 Å². The van der Waals surface area contributed by atoms with Gasteiger partial charge >= 0.3 is 0 Å². The first kappa shape index (κ1) is 18.6. The number of aromatic nitrogens is 3. The Morgan fingerprint density at radius 2 is 2.16 bits per heavy atom. The molecule has 0 bridgehead atoms. The molecule has 5 nitrogen and oxygen atoms in total. The van der Waals surface area contributed by atoms with Gasteiger partial charge in [-0.05, 0) is 61.6 Å². The second-order valence-electron chi connectivity index (χ2n) is 9.11. The molecule has 1 saturated carbocycles. The van der Waals surface area contributed by atoms with Crippen molar-refractivity contribution >= 4 is 18.1 Å². The molecule has 1 aliphatic carbocycles. The highest BCUT2D eigenvalue weighted by Crippen LogP contribution is 2.43. The molecule has 2 fully saturated rings. The lowest BCUT2D eigenvalue weighted by Crippen LogP contribution is -2.41. The lowest BCUT2D eigenvalue weighted by molar-refractivity contribution is -0.134. The summed E-state index contributed by atoms with van der Waals surface area (Å²) in [5.74, 6) is 2.86. The zero-order chi connectivity index (χ0) is 18.2. The Kier molecular flexibility index (Phi) is 5.37. The molecule has 1 aromatic heterocycles. The van der Waals surface area contributed by atoms with Crippen LogP contribution in [0.2, 0.25) is 0 Å². The van der Waals surface area contributed by atoms with Gasteiger partial charge in [0.15, 0.2) is 4.77 Å². The zero-order valence-electron chi connectivity index (χ0n) is 16.0. The first-order valence-electron chi connectivity index (χ1n) is 9.64. The smallest absolute Gasteiger partial charge is 0.222 e. The third kappa shape index (κ3) is 4.33. The Bertz CT molecular complexity index is 677. The minimum atomic E-state index is 0.289. The van der Waals surface area contributed by atoms with Crippen molar-refractivity contribution in [1.29, 1.82) is 0 Å². The molecule has 140 valence electrons. The minimum absolute atomic E-state index is 0.289. The molecule has 1 saturated heterocycles. The highest BCUT2D eigenvalue weighted by molar-refractivity contribution is 7.71. The van der Waals surface area contributed by atoms with Crippen LogP contribution >= 0.6 is 12.2 Å². The van der Waals surface area contributed by atoms with Crippen LogP contribution in [-0.2, 0) is 11.8 Å². The first-order chi connectivity index (χ1) is 11.7. The average molecular weight is 365 g/mol. The van der Waals surface area contributed by atoms with Crippen LogP contribution in [0.4, 0.5) is 0 Å². The maximum atomic E-state index is 12.9. The second-order valence-corrected chi connectivity index (χ2v) is 9.50. The highest BCUT2D eigenvalue weighted by Gasteiger charge is 2.35. The van der Waals surface area contributed by atoms with Crippen LogP contribution in [0.3, 0.4) is 0 Å². The van der Waals surface area contributed by atoms with Gasteiger partial charge in [0, 0.05) is 32.5 Å². The Hall–Kier alpha value is -1.17. The van der Waals surface area contributed by atoms with Gasteiger partial charge in [0.05, 0.1) is 0 Å². The van der Waals surface area contributed by atoms with Gasteiger partial charge in [-0.2, -0.15) is 5.10 Å². The van der Waals surface area contributed by atoms with E-state index in [1.165, 1.54) is 19.3 Å². The first-order valence-corrected chi connectivity index (χ1v) is 10.0. The van der Waals surface area contributed by atoms with E-state index >= 15 is 0 Å². The number of likely N-dealkylation sites (tertiary alicyclic amines) is 1. The van der Waals surface area contributed by atoms with Crippen LogP contribution in [-0.4, -0.2) is 38.7 Å². The lowest BCUT2D eigenvalue weighted by Gasteiger charge is -2.40. The van der Waals surface area contributed by atoms with Gasteiger partial charge in [0.1, 0.15) is 5.82 Å². The van der Waals surface area contributed by atoms with E-state index in [4.69, 9.17) is 12.2 Å². The molecule has 0 unspecified atom stereocenters. The zero-order valence-corrected chi connectivity index (χ0v) is 16.9. The SMILES string of the molecule is C[C@@H]1C[C@@H](CC(=O)N2CCC[C@H](c3n[nH]c(=S)n3C)C2)CC(C)(C)C1. The van der Waals surface area contributed by atoms with E-state index in [0.717, 1.165) is 37.7 Å². The van der Waals surface area contributed by atoms with E-state index in [1.807, 2.05) is 11.6 Å². The Balaban J connectivity index is 1.62. The third-order valence-electron chi connectivity index (χ3n) is 5.99. The van der Waals surface area contributed by atoms with Gasteiger partial charge in [-0.25, -0.2) is 0 Å². The number of nitrogens with one attached hydrogen (secondary N) is 1. The van der Waals surface area contributed by atoms with Crippen molar-refractivity contribution in [1.82, 2.24) is 19.7 Å². The van der Waals surface area contributed by atoms with Crippen molar-refractivity contribution in [2.45, 2.75) is 65.2 Å². The molecule has 1 aromatic rings. The van der Waals surface area contributed by atoms with Gasteiger partial charge < -0.3 is 9.47 Å². The van der Waals surface area contributed by atoms with Crippen molar-refractivity contribution < 1.29 is 4.79 Å². The summed E-state index contributed by atoms with van der Waals surface area (Å²) in [6, 6.07) is 0. The maximum Gasteiger partial charge on any atom is 0.222 e. The van der Waals surface area contributed by atoms with E-state index in [1.54, 1.807) is 0 Å². The molecule has 1 N–H and O–H groups in total. The van der Waals surface area contributed by atoms with E-state index in [0.29, 0.717) is 28.4 Å². The molecule has 0 aromatic carbocycles. The molecule has 3 atom stereocenters. The number of amides is 1. The highest BCUT2D eigenvalue weighted by atomic mass is 32.1. The van der Waals surface area contributed by atoms with Crippen molar-refractivity contribution in [2.24, 2.45) is 24.3 Å². The summed E-state index contributed by atoms with van der Waals surface area (Å²) in [6.07, 6.45) is 6.48. The molecule has 3 rings (SSSR count). The number of carbonyl (C=O) groups excluding carboxylic acids is 1. The van der Waals surface area contributed by atoms with Crippen LogP contribution in [0.5, 0.6) is 0 Å². The summed E-state index contributed by atoms with van der Waals surface area (Å²) in [7, 11) is 1.95. The number of carbonyl (C=O) groups is 1. The molecular weight excluding hydrogens is 332 g/mol. The number of hydrogen-bond acceptors (Lipinski definition) is 3. The van der Waals surface area contributed by atoms with E-state index in [2.05, 4.69) is 35.9 Å². The van der Waals surface area contributed by atoms with Crippen LogP contribution in [0.25, 0.3) is 0 Å². The monoisotopic (exact) mass is 364 g/mol. The third-order valence-corrected chi connectivity index (χ3v) is 6.36. The molecule has 2 aliphatic rings. The number of aromatic amines is 1. The molecule has 1 aliphatic heterocycles. The normalized spacial score (nSPS) is 29.6. The minimum Gasteiger partial charge on any atom is -0.342 e. The van der Waals surface area contributed by atoms with Crippen molar-refractivity contribution in [2.75, 3.05) is 13.1 Å². The average Bonchev–Trinajstić information content (AvgIpc) is 2.85. The van der Waals surface area contributed by atoms with E-state index in [9.17, 15) is 4.79 Å². The van der Waals surface area contributed by atoms with Gasteiger partial charge in [-0.1, -0.05) is 20.8 Å². The van der Waals surface area contributed by atoms with Crippen molar-refractivity contribution in [3.63, 3.8) is 0 Å². The maximum absolute atomic E-state index is 12.9. The quantitative estimate of drug-likeness (QED) is 0.824.